The van der Waals surface area contributed by atoms with Crippen molar-refractivity contribution in [2.24, 2.45) is 10.2 Å². The molecule has 3 rings (SSSR count). The van der Waals surface area contributed by atoms with Crippen LogP contribution in [0.1, 0.15) is 23.3 Å². The van der Waals surface area contributed by atoms with E-state index in [2.05, 4.69) is 33.1 Å². The van der Waals surface area contributed by atoms with Gasteiger partial charge in [0.2, 0.25) is 4.80 Å². The molecular formula is C15H15N3OS2. The number of thiazole rings is 1. The van der Waals surface area contributed by atoms with Gasteiger partial charge >= 0.3 is 0 Å². The quantitative estimate of drug-likeness (QED) is 0.532. The Morgan fingerprint density at radius 2 is 2.19 bits per heavy atom. The van der Waals surface area contributed by atoms with Gasteiger partial charge in [-0.2, -0.15) is 5.10 Å². The highest BCUT2D eigenvalue weighted by molar-refractivity contribution is 7.12. The maximum atomic E-state index is 5.41. The van der Waals surface area contributed by atoms with Crippen molar-refractivity contribution in [3.05, 3.63) is 62.4 Å². The number of hydrogen-bond donors (Lipinski definition) is 0. The second-order valence-electron chi connectivity index (χ2n) is 4.59. The van der Waals surface area contributed by atoms with Crippen molar-refractivity contribution < 1.29 is 4.42 Å². The van der Waals surface area contributed by atoms with Gasteiger partial charge in [-0.3, -0.25) is 0 Å². The standard InChI is InChI=1S/C15H15N3OS2/c1-11-10-21-15(18(11)9-13-5-3-7-19-13)17-16-12(2)14-6-4-8-20-14/h3-8,10H,9H2,1-2H3. The molecule has 0 aromatic carbocycles. The van der Waals surface area contributed by atoms with E-state index in [1.165, 1.54) is 0 Å². The highest BCUT2D eigenvalue weighted by atomic mass is 32.1. The summed E-state index contributed by atoms with van der Waals surface area (Å²) >= 11 is 3.26. The third kappa shape index (κ3) is 3.22. The molecule has 3 heterocycles. The van der Waals surface area contributed by atoms with Gasteiger partial charge in [-0.25, -0.2) is 0 Å². The van der Waals surface area contributed by atoms with Gasteiger partial charge < -0.3 is 8.98 Å². The highest BCUT2D eigenvalue weighted by Gasteiger charge is 2.04. The Hall–Kier alpha value is -1.92. The van der Waals surface area contributed by atoms with Crippen LogP contribution in [-0.2, 0) is 6.54 Å². The Labute approximate surface area is 130 Å². The van der Waals surface area contributed by atoms with E-state index in [9.17, 15) is 0 Å². The van der Waals surface area contributed by atoms with Crippen LogP contribution in [-0.4, -0.2) is 10.3 Å². The zero-order chi connectivity index (χ0) is 14.7. The molecule has 21 heavy (non-hydrogen) atoms. The third-order valence-corrected chi connectivity index (χ3v) is 5.00. The van der Waals surface area contributed by atoms with E-state index in [-0.39, 0.29) is 0 Å². The first kappa shape index (κ1) is 14.0. The first-order valence-electron chi connectivity index (χ1n) is 6.53. The molecule has 0 aliphatic carbocycles. The van der Waals surface area contributed by atoms with E-state index < -0.39 is 0 Å². The highest BCUT2D eigenvalue weighted by Crippen LogP contribution is 2.10. The Morgan fingerprint density at radius 3 is 2.90 bits per heavy atom. The van der Waals surface area contributed by atoms with E-state index in [1.807, 2.05) is 30.5 Å². The maximum Gasteiger partial charge on any atom is 0.211 e. The predicted molar refractivity (Wildman–Crippen MR) is 86.9 cm³/mol. The first-order valence-corrected chi connectivity index (χ1v) is 8.29. The molecule has 0 saturated heterocycles. The summed E-state index contributed by atoms with van der Waals surface area (Å²) in [6.07, 6.45) is 1.69. The lowest BCUT2D eigenvalue weighted by Gasteiger charge is -2.02. The molecule has 0 amide bonds. The molecule has 0 N–H and O–H groups in total. The van der Waals surface area contributed by atoms with Crippen molar-refractivity contribution in [2.45, 2.75) is 20.4 Å². The molecule has 0 atom stereocenters. The molecule has 0 unspecified atom stereocenters. The number of hydrogen-bond acceptors (Lipinski definition) is 5. The molecule has 0 aliphatic rings. The Balaban J connectivity index is 1.92. The van der Waals surface area contributed by atoms with Crippen molar-refractivity contribution in [1.82, 2.24) is 4.57 Å². The molecule has 0 bridgehead atoms. The van der Waals surface area contributed by atoms with Gasteiger partial charge in [0.05, 0.1) is 23.4 Å². The fourth-order valence-electron chi connectivity index (χ4n) is 1.90. The van der Waals surface area contributed by atoms with Crippen molar-refractivity contribution in [2.75, 3.05) is 0 Å². The van der Waals surface area contributed by atoms with Crippen molar-refractivity contribution in [3.63, 3.8) is 0 Å². The Kier molecular flexibility index (Phi) is 4.17. The molecule has 0 aliphatic heterocycles. The van der Waals surface area contributed by atoms with E-state index in [1.54, 1.807) is 28.9 Å². The second kappa shape index (κ2) is 6.24. The zero-order valence-corrected chi connectivity index (χ0v) is 13.4. The fraction of sp³-hybridized carbons (Fsp3) is 0.200. The molecule has 0 spiro atoms. The van der Waals surface area contributed by atoms with E-state index in [0.29, 0.717) is 6.54 Å². The van der Waals surface area contributed by atoms with E-state index >= 15 is 0 Å². The van der Waals surface area contributed by atoms with Gasteiger partial charge in [0.15, 0.2) is 0 Å². The van der Waals surface area contributed by atoms with Gasteiger partial charge in [0.1, 0.15) is 5.76 Å². The van der Waals surface area contributed by atoms with Crippen LogP contribution >= 0.6 is 22.7 Å². The van der Waals surface area contributed by atoms with Crippen LogP contribution in [0.5, 0.6) is 0 Å². The van der Waals surface area contributed by atoms with Crippen LogP contribution in [0.2, 0.25) is 0 Å². The van der Waals surface area contributed by atoms with Crippen LogP contribution in [0.15, 0.2) is 55.9 Å². The summed E-state index contributed by atoms with van der Waals surface area (Å²) in [6, 6.07) is 7.93. The molecule has 4 nitrogen and oxygen atoms in total. The summed E-state index contributed by atoms with van der Waals surface area (Å²) in [7, 11) is 0. The van der Waals surface area contributed by atoms with Crippen LogP contribution in [0.25, 0.3) is 0 Å². The molecular weight excluding hydrogens is 302 g/mol. The third-order valence-electron chi connectivity index (χ3n) is 3.05. The zero-order valence-electron chi connectivity index (χ0n) is 11.8. The lowest BCUT2D eigenvalue weighted by Crippen LogP contribution is -2.16. The van der Waals surface area contributed by atoms with Crippen LogP contribution in [0.4, 0.5) is 0 Å². The average Bonchev–Trinajstić information content (AvgIpc) is 3.21. The van der Waals surface area contributed by atoms with Crippen LogP contribution in [0, 0.1) is 6.92 Å². The topological polar surface area (TPSA) is 42.8 Å². The lowest BCUT2D eigenvalue weighted by molar-refractivity contribution is 0.488. The van der Waals surface area contributed by atoms with Gasteiger partial charge in [-0.05, 0) is 37.4 Å². The van der Waals surface area contributed by atoms with Crippen LogP contribution < -0.4 is 4.80 Å². The molecule has 3 aromatic heterocycles. The summed E-state index contributed by atoms with van der Waals surface area (Å²) in [5.41, 5.74) is 2.08. The Morgan fingerprint density at radius 1 is 1.29 bits per heavy atom. The van der Waals surface area contributed by atoms with Gasteiger partial charge in [0.25, 0.3) is 0 Å². The molecule has 3 aromatic rings. The minimum atomic E-state index is 0.675. The molecule has 6 heteroatoms. The molecule has 0 saturated carbocycles. The lowest BCUT2D eigenvalue weighted by atomic mass is 10.3. The predicted octanol–water partition coefficient (Wildman–Crippen LogP) is 3.89. The Bertz CT molecular complexity index is 792. The van der Waals surface area contributed by atoms with Gasteiger partial charge in [-0.1, -0.05) is 6.07 Å². The SMILES string of the molecule is CC(=NN=c1scc(C)n1Cc1ccco1)c1cccs1. The fourth-order valence-corrected chi connectivity index (χ4v) is 3.40. The minimum Gasteiger partial charge on any atom is -0.467 e. The van der Waals surface area contributed by atoms with Crippen molar-refractivity contribution >= 4 is 28.4 Å². The van der Waals surface area contributed by atoms with Crippen molar-refractivity contribution in [3.8, 4) is 0 Å². The van der Waals surface area contributed by atoms with Gasteiger partial charge in [0, 0.05) is 11.1 Å². The van der Waals surface area contributed by atoms with Crippen LogP contribution in [0.3, 0.4) is 0 Å². The smallest absolute Gasteiger partial charge is 0.211 e. The first-order chi connectivity index (χ1) is 10.2. The number of furan rings is 1. The minimum absolute atomic E-state index is 0.675. The normalized spacial score (nSPS) is 13.0. The largest absolute Gasteiger partial charge is 0.467 e. The molecule has 0 radical (unpaired) electrons. The summed E-state index contributed by atoms with van der Waals surface area (Å²) in [6.45, 7) is 4.72. The number of thiophene rings is 1. The summed E-state index contributed by atoms with van der Waals surface area (Å²) in [5.74, 6) is 0.914. The van der Waals surface area contributed by atoms with E-state index in [0.717, 1.165) is 26.8 Å². The van der Waals surface area contributed by atoms with Crippen molar-refractivity contribution in [1.29, 1.82) is 0 Å². The number of aryl methyl sites for hydroxylation is 1. The monoisotopic (exact) mass is 317 g/mol. The molecule has 108 valence electrons. The molecule has 0 fully saturated rings. The average molecular weight is 317 g/mol. The summed E-state index contributed by atoms with van der Waals surface area (Å²) in [5, 5.41) is 12.9. The number of nitrogens with zero attached hydrogens (tertiary/aromatic N) is 3. The second-order valence-corrected chi connectivity index (χ2v) is 6.37. The summed E-state index contributed by atoms with van der Waals surface area (Å²) in [4.78, 5) is 2.02. The van der Waals surface area contributed by atoms with E-state index in [4.69, 9.17) is 4.42 Å². The van der Waals surface area contributed by atoms with Gasteiger partial charge in [-0.15, -0.1) is 27.8 Å². The maximum absolute atomic E-state index is 5.41. The number of rotatable bonds is 4. The summed E-state index contributed by atoms with van der Waals surface area (Å²) < 4.78 is 7.52. The number of aromatic nitrogens is 1.